The summed E-state index contributed by atoms with van der Waals surface area (Å²) in [6, 6.07) is 8.11. The first-order valence-corrected chi connectivity index (χ1v) is 11.8. The van der Waals surface area contributed by atoms with Gasteiger partial charge in [-0.15, -0.1) is 0 Å². The lowest BCUT2D eigenvalue weighted by molar-refractivity contribution is -0.0505. The lowest BCUT2D eigenvalue weighted by atomic mass is 9.88. The molecule has 2 N–H and O–H groups in total. The quantitative estimate of drug-likeness (QED) is 0.425. The number of rotatable bonds is 5. The third kappa shape index (κ3) is 3.65. The number of hydrogen-bond donors (Lipinski definition) is 2. The van der Waals surface area contributed by atoms with Gasteiger partial charge in [0.15, 0.2) is 5.82 Å². The van der Waals surface area contributed by atoms with Crippen molar-refractivity contribution in [2.75, 3.05) is 7.05 Å². The standard InChI is InChI=1S/C26H23F2N5O4/c1-12(34)23(35)24-29-10-14(11-30-24)13-6-7-33-17(8-13)21-16-9-18(22(21)31-33)32(2)25(36)15-4-3-5-19(20(15)16)37-26(27)28/h3-8,10-12,16,18,23,26,34-35H,9H2,1-2H3/t12-,16-,18-,23+/m1/s1. The van der Waals surface area contributed by atoms with Crippen LogP contribution in [0.15, 0.2) is 48.9 Å². The zero-order chi connectivity index (χ0) is 26.0. The summed E-state index contributed by atoms with van der Waals surface area (Å²) >= 11 is 0. The van der Waals surface area contributed by atoms with Crippen molar-refractivity contribution in [1.82, 2.24) is 24.5 Å². The van der Waals surface area contributed by atoms with Crippen LogP contribution in [-0.4, -0.2) is 60.4 Å². The minimum Gasteiger partial charge on any atom is -0.434 e. The summed E-state index contributed by atoms with van der Waals surface area (Å²) in [4.78, 5) is 23.3. The molecule has 2 aliphatic rings. The molecule has 9 nitrogen and oxygen atoms in total. The van der Waals surface area contributed by atoms with Gasteiger partial charge in [-0.05, 0) is 43.2 Å². The lowest BCUT2D eigenvalue weighted by Crippen LogP contribution is -2.30. The number of amides is 1. The van der Waals surface area contributed by atoms with Crippen LogP contribution in [0.2, 0.25) is 0 Å². The molecule has 0 saturated carbocycles. The van der Waals surface area contributed by atoms with E-state index < -0.39 is 18.8 Å². The second-order valence-electron chi connectivity index (χ2n) is 9.38. The van der Waals surface area contributed by atoms with Gasteiger partial charge in [0.2, 0.25) is 0 Å². The Balaban J connectivity index is 1.49. The number of nitrogens with zero attached hydrogens (tertiary/aromatic N) is 5. The molecule has 37 heavy (non-hydrogen) atoms. The van der Waals surface area contributed by atoms with Crippen molar-refractivity contribution in [2.24, 2.45) is 0 Å². The highest BCUT2D eigenvalue weighted by Crippen LogP contribution is 2.53. The van der Waals surface area contributed by atoms with E-state index in [2.05, 4.69) is 9.97 Å². The Morgan fingerprint density at radius 3 is 2.57 bits per heavy atom. The number of carbonyl (C=O) groups is 1. The number of carbonyl (C=O) groups excluding carboxylic acids is 1. The highest BCUT2D eigenvalue weighted by atomic mass is 19.3. The van der Waals surface area contributed by atoms with E-state index in [9.17, 15) is 23.8 Å². The smallest absolute Gasteiger partial charge is 0.387 e. The molecule has 1 aliphatic carbocycles. The largest absolute Gasteiger partial charge is 0.434 e. The molecule has 2 bridgehead atoms. The van der Waals surface area contributed by atoms with Gasteiger partial charge in [-0.25, -0.2) is 14.5 Å². The molecule has 4 heterocycles. The maximum absolute atomic E-state index is 13.3. The number of pyridine rings is 1. The van der Waals surface area contributed by atoms with Crippen LogP contribution in [0.25, 0.3) is 16.6 Å². The van der Waals surface area contributed by atoms with E-state index in [1.807, 2.05) is 12.1 Å². The first kappa shape index (κ1) is 23.4. The number of fused-ring (bicyclic) bond motifs is 9. The van der Waals surface area contributed by atoms with E-state index in [4.69, 9.17) is 9.84 Å². The minimum absolute atomic E-state index is 0.0103. The summed E-state index contributed by atoms with van der Waals surface area (Å²) in [5.41, 5.74) is 4.62. The molecule has 4 aromatic rings. The van der Waals surface area contributed by atoms with Crippen LogP contribution >= 0.6 is 0 Å². The van der Waals surface area contributed by atoms with Gasteiger partial charge in [-0.2, -0.15) is 13.9 Å². The molecule has 0 unspecified atom stereocenters. The zero-order valence-corrected chi connectivity index (χ0v) is 19.9. The summed E-state index contributed by atoms with van der Waals surface area (Å²) in [7, 11) is 1.70. The zero-order valence-electron chi connectivity index (χ0n) is 19.9. The van der Waals surface area contributed by atoms with E-state index in [1.165, 1.54) is 13.0 Å². The Morgan fingerprint density at radius 2 is 1.86 bits per heavy atom. The molecule has 1 amide bonds. The van der Waals surface area contributed by atoms with Crippen molar-refractivity contribution in [3.8, 4) is 16.9 Å². The van der Waals surface area contributed by atoms with Gasteiger partial charge in [-0.1, -0.05) is 6.07 Å². The van der Waals surface area contributed by atoms with Gasteiger partial charge >= 0.3 is 6.61 Å². The number of halogens is 2. The maximum Gasteiger partial charge on any atom is 0.387 e. The first-order chi connectivity index (χ1) is 17.7. The molecule has 0 radical (unpaired) electrons. The van der Waals surface area contributed by atoms with Crippen molar-refractivity contribution in [3.63, 3.8) is 0 Å². The number of benzene rings is 1. The predicted octanol–water partition coefficient (Wildman–Crippen LogP) is 3.47. The number of aliphatic hydroxyl groups excluding tert-OH is 2. The molecular formula is C26H23F2N5O4. The van der Waals surface area contributed by atoms with E-state index in [1.54, 1.807) is 47.2 Å². The van der Waals surface area contributed by atoms with E-state index in [-0.39, 0.29) is 29.4 Å². The van der Waals surface area contributed by atoms with Gasteiger partial charge < -0.3 is 19.8 Å². The molecule has 3 aromatic heterocycles. The molecular weight excluding hydrogens is 484 g/mol. The van der Waals surface area contributed by atoms with Gasteiger partial charge in [0.05, 0.1) is 23.4 Å². The van der Waals surface area contributed by atoms with Crippen LogP contribution < -0.4 is 4.74 Å². The van der Waals surface area contributed by atoms with Crippen LogP contribution in [-0.2, 0) is 0 Å². The Morgan fingerprint density at radius 1 is 1.11 bits per heavy atom. The van der Waals surface area contributed by atoms with Crippen LogP contribution in [0.5, 0.6) is 5.75 Å². The van der Waals surface area contributed by atoms with Gasteiger partial charge in [0.25, 0.3) is 5.91 Å². The third-order valence-electron chi connectivity index (χ3n) is 7.20. The molecule has 6 rings (SSSR count). The van der Waals surface area contributed by atoms with E-state index >= 15 is 0 Å². The Labute approximate surface area is 210 Å². The Hall–Kier alpha value is -3.96. The van der Waals surface area contributed by atoms with Gasteiger partial charge in [0.1, 0.15) is 11.9 Å². The highest BCUT2D eigenvalue weighted by molar-refractivity contribution is 5.98. The summed E-state index contributed by atoms with van der Waals surface area (Å²) in [6.45, 7) is -1.57. The molecule has 0 spiro atoms. The van der Waals surface area contributed by atoms with Crippen molar-refractivity contribution < 1.29 is 28.5 Å². The number of hydrogen-bond acceptors (Lipinski definition) is 7. The SMILES string of the molecule is C[C@@H](O)[C@H](O)c1ncc(-c2ccn3nc4c(c3c2)[C@@H]2C[C@H]4N(C)C(=O)c3cccc(OC(F)F)c32)cn1. The summed E-state index contributed by atoms with van der Waals surface area (Å²) < 4.78 is 33.1. The Bertz CT molecular complexity index is 1520. The summed E-state index contributed by atoms with van der Waals surface area (Å²) in [5, 5.41) is 24.4. The molecule has 0 fully saturated rings. The Kier molecular flexibility index (Phi) is 5.42. The molecule has 1 aliphatic heterocycles. The van der Waals surface area contributed by atoms with Gasteiger partial charge in [0, 0.05) is 53.8 Å². The number of alkyl halides is 2. The fourth-order valence-corrected chi connectivity index (χ4v) is 5.40. The van der Waals surface area contributed by atoms with Gasteiger partial charge in [-0.3, -0.25) is 4.79 Å². The predicted molar refractivity (Wildman–Crippen MR) is 127 cm³/mol. The number of aromatic nitrogens is 4. The normalized spacial score (nSPS) is 20.1. The molecule has 0 saturated heterocycles. The average Bonchev–Trinajstić information content (AvgIpc) is 3.41. The minimum atomic E-state index is -3.02. The van der Waals surface area contributed by atoms with Crippen LogP contribution in [0, 0.1) is 0 Å². The van der Waals surface area contributed by atoms with Crippen molar-refractivity contribution in [3.05, 3.63) is 77.1 Å². The van der Waals surface area contributed by atoms with E-state index in [0.29, 0.717) is 23.1 Å². The second kappa shape index (κ2) is 8.56. The average molecular weight is 507 g/mol. The van der Waals surface area contributed by atoms with Crippen LogP contribution in [0.1, 0.15) is 64.4 Å². The van der Waals surface area contributed by atoms with Crippen LogP contribution in [0.4, 0.5) is 8.78 Å². The molecule has 11 heteroatoms. The molecule has 190 valence electrons. The maximum atomic E-state index is 13.3. The topological polar surface area (TPSA) is 113 Å². The summed E-state index contributed by atoms with van der Waals surface area (Å²) in [6.07, 6.45) is 3.23. The summed E-state index contributed by atoms with van der Waals surface area (Å²) in [5.74, 6) is -0.524. The van der Waals surface area contributed by atoms with Crippen molar-refractivity contribution in [1.29, 1.82) is 0 Å². The number of ether oxygens (including phenoxy) is 1. The lowest BCUT2D eigenvalue weighted by Gasteiger charge is -2.23. The first-order valence-electron chi connectivity index (χ1n) is 11.8. The van der Waals surface area contributed by atoms with E-state index in [0.717, 1.165) is 22.3 Å². The highest BCUT2D eigenvalue weighted by Gasteiger charge is 2.46. The fourth-order valence-electron chi connectivity index (χ4n) is 5.40. The monoisotopic (exact) mass is 507 g/mol. The third-order valence-corrected chi connectivity index (χ3v) is 7.20. The molecule has 1 aromatic carbocycles. The number of aliphatic hydroxyl groups is 2. The van der Waals surface area contributed by atoms with Crippen molar-refractivity contribution >= 4 is 11.4 Å². The second-order valence-corrected chi connectivity index (χ2v) is 9.38. The fraction of sp³-hybridized carbons (Fsp3) is 0.308. The van der Waals surface area contributed by atoms with Crippen molar-refractivity contribution in [2.45, 2.75) is 44.1 Å². The molecule has 4 atom stereocenters. The van der Waals surface area contributed by atoms with Crippen LogP contribution in [0.3, 0.4) is 0 Å².